The standard InChI is InChI=1S/C11H14Cl2O2/c1-11(14,7-15-2)6-8-5-9(12)3-4-10(8)13/h3-5,14H,6-7H2,1-2H3. The highest BCUT2D eigenvalue weighted by molar-refractivity contribution is 6.33. The molecule has 0 spiro atoms. The number of methoxy groups -OCH3 is 1. The van der Waals surface area contributed by atoms with E-state index < -0.39 is 5.60 Å². The van der Waals surface area contributed by atoms with Gasteiger partial charge in [-0.15, -0.1) is 0 Å². The Hall–Kier alpha value is -0.280. The first-order valence-corrected chi connectivity index (χ1v) is 5.35. The van der Waals surface area contributed by atoms with Crippen LogP contribution in [0.3, 0.4) is 0 Å². The largest absolute Gasteiger partial charge is 0.387 e. The fourth-order valence-corrected chi connectivity index (χ4v) is 1.83. The Kier molecular flexibility index (Phi) is 4.41. The van der Waals surface area contributed by atoms with E-state index in [-0.39, 0.29) is 6.61 Å². The van der Waals surface area contributed by atoms with Crippen molar-refractivity contribution in [2.45, 2.75) is 18.9 Å². The van der Waals surface area contributed by atoms with Crippen LogP contribution in [0.2, 0.25) is 10.0 Å². The monoisotopic (exact) mass is 248 g/mol. The molecule has 0 aliphatic heterocycles. The molecule has 1 atom stereocenters. The molecule has 0 aliphatic rings. The second kappa shape index (κ2) is 5.17. The van der Waals surface area contributed by atoms with Gasteiger partial charge in [-0.3, -0.25) is 0 Å². The maximum absolute atomic E-state index is 9.96. The van der Waals surface area contributed by atoms with Crippen molar-refractivity contribution in [3.63, 3.8) is 0 Å². The van der Waals surface area contributed by atoms with Crippen LogP contribution in [-0.2, 0) is 11.2 Å². The Balaban J connectivity index is 2.83. The van der Waals surface area contributed by atoms with E-state index in [1.165, 1.54) is 0 Å². The maximum atomic E-state index is 9.96. The summed E-state index contributed by atoms with van der Waals surface area (Å²) in [6, 6.07) is 5.20. The van der Waals surface area contributed by atoms with Crippen molar-refractivity contribution in [2.24, 2.45) is 0 Å². The molecule has 1 rings (SSSR count). The molecule has 0 radical (unpaired) electrons. The zero-order valence-electron chi connectivity index (χ0n) is 8.76. The Morgan fingerprint density at radius 3 is 2.67 bits per heavy atom. The molecule has 1 aromatic carbocycles. The third-order valence-electron chi connectivity index (χ3n) is 2.03. The average molecular weight is 249 g/mol. The summed E-state index contributed by atoms with van der Waals surface area (Å²) in [5.41, 5.74) is -0.102. The highest BCUT2D eigenvalue weighted by atomic mass is 35.5. The average Bonchev–Trinajstić information content (AvgIpc) is 2.10. The van der Waals surface area contributed by atoms with Gasteiger partial charge in [0.15, 0.2) is 0 Å². The van der Waals surface area contributed by atoms with Crippen molar-refractivity contribution in [1.82, 2.24) is 0 Å². The molecular formula is C11H14Cl2O2. The van der Waals surface area contributed by atoms with Crippen molar-refractivity contribution < 1.29 is 9.84 Å². The highest BCUT2D eigenvalue weighted by Crippen LogP contribution is 2.24. The number of hydrogen-bond donors (Lipinski definition) is 1. The number of benzene rings is 1. The molecule has 4 heteroatoms. The lowest BCUT2D eigenvalue weighted by Gasteiger charge is -2.22. The number of rotatable bonds is 4. The summed E-state index contributed by atoms with van der Waals surface area (Å²) >= 11 is 11.8. The normalized spacial score (nSPS) is 15.0. The first-order chi connectivity index (χ1) is 6.94. The molecule has 15 heavy (non-hydrogen) atoms. The van der Waals surface area contributed by atoms with Crippen molar-refractivity contribution in [2.75, 3.05) is 13.7 Å². The lowest BCUT2D eigenvalue weighted by Crippen LogP contribution is -2.32. The van der Waals surface area contributed by atoms with Crippen molar-refractivity contribution >= 4 is 23.2 Å². The van der Waals surface area contributed by atoms with Crippen LogP contribution in [0.25, 0.3) is 0 Å². The zero-order valence-corrected chi connectivity index (χ0v) is 10.3. The summed E-state index contributed by atoms with van der Waals surface area (Å²) in [5.74, 6) is 0. The lowest BCUT2D eigenvalue weighted by atomic mass is 9.97. The molecule has 0 bridgehead atoms. The van der Waals surface area contributed by atoms with Crippen molar-refractivity contribution in [3.05, 3.63) is 33.8 Å². The minimum Gasteiger partial charge on any atom is -0.387 e. The topological polar surface area (TPSA) is 29.5 Å². The van der Waals surface area contributed by atoms with Gasteiger partial charge in [-0.1, -0.05) is 23.2 Å². The molecule has 1 unspecified atom stereocenters. The molecule has 1 aromatic rings. The van der Waals surface area contributed by atoms with Crippen LogP contribution in [0.1, 0.15) is 12.5 Å². The second-order valence-electron chi connectivity index (χ2n) is 3.84. The van der Waals surface area contributed by atoms with E-state index >= 15 is 0 Å². The SMILES string of the molecule is COCC(C)(O)Cc1cc(Cl)ccc1Cl. The molecule has 0 aromatic heterocycles. The molecule has 0 saturated heterocycles. The maximum Gasteiger partial charge on any atom is 0.0892 e. The van der Waals surface area contributed by atoms with E-state index in [9.17, 15) is 5.11 Å². The van der Waals surface area contributed by atoms with Gasteiger partial charge in [-0.2, -0.15) is 0 Å². The molecule has 1 N–H and O–H groups in total. The van der Waals surface area contributed by atoms with Gasteiger partial charge in [-0.25, -0.2) is 0 Å². The fourth-order valence-electron chi connectivity index (χ4n) is 1.45. The molecule has 84 valence electrons. The molecule has 0 fully saturated rings. The first kappa shape index (κ1) is 12.8. The van der Waals surface area contributed by atoms with E-state index in [0.29, 0.717) is 16.5 Å². The van der Waals surface area contributed by atoms with Gasteiger partial charge in [0.05, 0.1) is 12.2 Å². The number of ether oxygens (including phenoxy) is 1. The molecule has 0 amide bonds. The van der Waals surface area contributed by atoms with Crippen LogP contribution in [0, 0.1) is 0 Å². The molecule has 0 saturated carbocycles. The molecular weight excluding hydrogens is 235 g/mol. The van der Waals surface area contributed by atoms with E-state index in [4.69, 9.17) is 27.9 Å². The number of aliphatic hydroxyl groups is 1. The third kappa shape index (κ3) is 3.99. The van der Waals surface area contributed by atoms with E-state index in [2.05, 4.69) is 0 Å². The van der Waals surface area contributed by atoms with Gasteiger partial charge in [0.1, 0.15) is 0 Å². The van der Waals surface area contributed by atoms with Gasteiger partial charge in [0.25, 0.3) is 0 Å². The van der Waals surface area contributed by atoms with Crippen molar-refractivity contribution in [3.8, 4) is 0 Å². The van der Waals surface area contributed by atoms with Crippen LogP contribution in [0.15, 0.2) is 18.2 Å². The smallest absolute Gasteiger partial charge is 0.0892 e. The molecule has 0 heterocycles. The first-order valence-electron chi connectivity index (χ1n) is 4.60. The van der Waals surface area contributed by atoms with Crippen LogP contribution in [0.4, 0.5) is 0 Å². The molecule has 2 nitrogen and oxygen atoms in total. The summed E-state index contributed by atoms with van der Waals surface area (Å²) in [6.07, 6.45) is 0.417. The van der Waals surface area contributed by atoms with Crippen LogP contribution in [0.5, 0.6) is 0 Å². The van der Waals surface area contributed by atoms with Gasteiger partial charge in [-0.05, 0) is 30.7 Å². The fraction of sp³-hybridized carbons (Fsp3) is 0.455. The minimum absolute atomic E-state index is 0.260. The van der Waals surface area contributed by atoms with Gasteiger partial charge < -0.3 is 9.84 Å². The van der Waals surface area contributed by atoms with E-state index in [1.807, 2.05) is 0 Å². The van der Waals surface area contributed by atoms with Crippen LogP contribution >= 0.6 is 23.2 Å². The third-order valence-corrected chi connectivity index (χ3v) is 2.64. The Morgan fingerprint density at radius 1 is 1.40 bits per heavy atom. The van der Waals surface area contributed by atoms with Crippen molar-refractivity contribution in [1.29, 1.82) is 0 Å². The van der Waals surface area contributed by atoms with Gasteiger partial charge in [0.2, 0.25) is 0 Å². The summed E-state index contributed by atoms with van der Waals surface area (Å²) in [7, 11) is 1.55. The summed E-state index contributed by atoms with van der Waals surface area (Å²) in [6.45, 7) is 1.96. The molecule has 0 aliphatic carbocycles. The van der Waals surface area contributed by atoms with Gasteiger partial charge >= 0.3 is 0 Å². The number of halogens is 2. The predicted molar refractivity (Wildman–Crippen MR) is 62.7 cm³/mol. The highest BCUT2D eigenvalue weighted by Gasteiger charge is 2.22. The summed E-state index contributed by atoms with van der Waals surface area (Å²) < 4.78 is 4.92. The predicted octanol–water partition coefficient (Wildman–Crippen LogP) is 2.93. The van der Waals surface area contributed by atoms with Gasteiger partial charge in [0, 0.05) is 23.6 Å². The summed E-state index contributed by atoms with van der Waals surface area (Å²) in [5, 5.41) is 11.2. The van der Waals surface area contributed by atoms with Crippen LogP contribution in [-0.4, -0.2) is 24.4 Å². The Morgan fingerprint density at radius 2 is 2.07 bits per heavy atom. The quantitative estimate of drug-likeness (QED) is 0.888. The lowest BCUT2D eigenvalue weighted by molar-refractivity contribution is -0.0160. The Bertz CT molecular complexity index is 337. The van der Waals surface area contributed by atoms with Crippen LogP contribution < -0.4 is 0 Å². The second-order valence-corrected chi connectivity index (χ2v) is 4.69. The minimum atomic E-state index is -0.928. The van der Waals surface area contributed by atoms with E-state index in [1.54, 1.807) is 32.2 Å². The van der Waals surface area contributed by atoms with E-state index in [0.717, 1.165) is 5.56 Å². The summed E-state index contributed by atoms with van der Waals surface area (Å²) in [4.78, 5) is 0. The Labute approximate surface area is 99.8 Å². The zero-order chi connectivity index (χ0) is 11.5. The number of hydrogen-bond acceptors (Lipinski definition) is 2.